The first-order valence-electron chi connectivity index (χ1n) is 9.17. The van der Waals surface area contributed by atoms with Gasteiger partial charge in [-0.15, -0.1) is 0 Å². The molecule has 0 radical (unpaired) electrons. The second kappa shape index (κ2) is 5.86. The molecule has 3 aliphatic rings. The lowest BCUT2D eigenvalue weighted by molar-refractivity contribution is -0.129. The fourth-order valence-electron chi connectivity index (χ4n) is 4.89. The Balaban J connectivity index is 1.66. The van der Waals surface area contributed by atoms with E-state index in [1.807, 2.05) is 41.4 Å². The predicted octanol–water partition coefficient (Wildman–Crippen LogP) is 2.93. The fraction of sp³-hybridized carbons (Fsp3) is 0.227. The van der Waals surface area contributed by atoms with Crippen LogP contribution in [0, 0.1) is 17.7 Å². The molecule has 2 amide bonds. The maximum atomic E-state index is 13.7. The summed E-state index contributed by atoms with van der Waals surface area (Å²) in [5, 5.41) is 0. The maximum absolute atomic E-state index is 13.7. The Morgan fingerprint density at radius 2 is 1.75 bits per heavy atom. The minimum Gasteiger partial charge on any atom is -0.359 e. The van der Waals surface area contributed by atoms with Crippen molar-refractivity contribution in [2.75, 3.05) is 4.90 Å². The van der Waals surface area contributed by atoms with Crippen LogP contribution in [0.15, 0.2) is 54.7 Å². The largest absolute Gasteiger partial charge is 0.359 e. The second-order valence-corrected chi connectivity index (χ2v) is 7.44. The van der Waals surface area contributed by atoms with Gasteiger partial charge in [0, 0.05) is 6.20 Å². The summed E-state index contributed by atoms with van der Waals surface area (Å²) in [6.45, 7) is 1.45. The highest BCUT2D eigenvalue weighted by Gasteiger charge is 2.63. The zero-order valence-electron chi connectivity index (χ0n) is 15.1. The monoisotopic (exact) mass is 376 g/mol. The Labute approximate surface area is 161 Å². The predicted molar refractivity (Wildman–Crippen MR) is 100 cm³/mol. The van der Waals surface area contributed by atoms with Crippen molar-refractivity contribution in [1.82, 2.24) is 4.90 Å². The lowest BCUT2D eigenvalue weighted by Crippen LogP contribution is -2.43. The van der Waals surface area contributed by atoms with Crippen molar-refractivity contribution in [3.63, 3.8) is 0 Å². The molecule has 4 unspecified atom stereocenters. The fourth-order valence-corrected chi connectivity index (χ4v) is 4.89. The Kier molecular flexibility index (Phi) is 3.53. The van der Waals surface area contributed by atoms with E-state index in [-0.39, 0.29) is 17.4 Å². The number of fused-ring (bicyclic) bond motifs is 5. The Bertz CT molecular complexity index is 1060. The van der Waals surface area contributed by atoms with Gasteiger partial charge in [0.1, 0.15) is 5.82 Å². The van der Waals surface area contributed by atoms with Gasteiger partial charge in [-0.1, -0.05) is 30.3 Å². The van der Waals surface area contributed by atoms with E-state index in [4.69, 9.17) is 0 Å². The third-order valence-corrected chi connectivity index (χ3v) is 5.94. The van der Waals surface area contributed by atoms with Crippen molar-refractivity contribution in [3.8, 4) is 0 Å². The zero-order valence-corrected chi connectivity index (χ0v) is 15.1. The highest BCUT2D eigenvalue weighted by molar-refractivity contribution is 6.24. The Morgan fingerprint density at radius 1 is 1.00 bits per heavy atom. The number of Topliss-reactive ketones (excluding diaryl/α,β-unsaturated/α-hetero) is 1. The SMILES string of the molecule is CC(=O)C1C2C(=O)N(c3cccc(F)c3)C(=O)C2C2c3ccccc3C=CN12. The van der Waals surface area contributed by atoms with Crippen LogP contribution in [0.1, 0.15) is 24.1 Å². The molecule has 0 saturated carbocycles. The molecule has 5 rings (SSSR count). The summed E-state index contributed by atoms with van der Waals surface area (Å²) in [6, 6.07) is 12.0. The van der Waals surface area contributed by atoms with Gasteiger partial charge in [0.05, 0.1) is 29.6 Å². The van der Waals surface area contributed by atoms with E-state index in [0.29, 0.717) is 0 Å². The van der Waals surface area contributed by atoms with E-state index in [2.05, 4.69) is 0 Å². The van der Waals surface area contributed by atoms with Gasteiger partial charge in [-0.2, -0.15) is 0 Å². The van der Waals surface area contributed by atoms with Gasteiger partial charge < -0.3 is 4.90 Å². The highest BCUT2D eigenvalue weighted by atomic mass is 19.1. The first-order valence-corrected chi connectivity index (χ1v) is 9.17. The average Bonchev–Trinajstić information content (AvgIpc) is 3.15. The van der Waals surface area contributed by atoms with Gasteiger partial charge in [-0.05, 0) is 42.3 Å². The molecule has 6 heteroatoms. The standard InChI is InChI=1S/C22H17FN2O3/c1-12(26)19-17-18(20-16-8-3-2-5-13(16)9-10-24(19)20)22(28)25(21(17)27)15-7-4-6-14(23)11-15/h2-11,17-20H,1H3. The van der Waals surface area contributed by atoms with Gasteiger partial charge in [-0.3, -0.25) is 14.4 Å². The number of anilines is 1. The molecule has 2 aromatic rings. The summed E-state index contributed by atoms with van der Waals surface area (Å²) < 4.78 is 13.7. The number of carbonyl (C=O) groups is 3. The van der Waals surface area contributed by atoms with Gasteiger partial charge in [0.15, 0.2) is 5.78 Å². The normalized spacial score (nSPS) is 27.6. The van der Waals surface area contributed by atoms with Crippen LogP contribution in [-0.4, -0.2) is 28.5 Å². The molecule has 2 aromatic carbocycles. The molecule has 3 aliphatic heterocycles. The minimum absolute atomic E-state index is 0.163. The molecule has 0 spiro atoms. The van der Waals surface area contributed by atoms with Crippen molar-refractivity contribution in [2.24, 2.45) is 11.8 Å². The van der Waals surface area contributed by atoms with E-state index in [1.165, 1.54) is 31.2 Å². The van der Waals surface area contributed by atoms with E-state index in [9.17, 15) is 18.8 Å². The average molecular weight is 376 g/mol. The van der Waals surface area contributed by atoms with E-state index >= 15 is 0 Å². The summed E-state index contributed by atoms with van der Waals surface area (Å²) in [7, 11) is 0. The van der Waals surface area contributed by atoms with Gasteiger partial charge in [-0.25, -0.2) is 9.29 Å². The molecule has 0 aliphatic carbocycles. The second-order valence-electron chi connectivity index (χ2n) is 7.44. The van der Waals surface area contributed by atoms with Crippen molar-refractivity contribution in [2.45, 2.75) is 19.0 Å². The number of benzene rings is 2. The first kappa shape index (κ1) is 16.9. The molecule has 0 N–H and O–H groups in total. The number of carbonyl (C=O) groups excluding carboxylic acids is 3. The number of imide groups is 1. The summed E-state index contributed by atoms with van der Waals surface area (Å²) in [6.07, 6.45) is 3.71. The third-order valence-electron chi connectivity index (χ3n) is 5.94. The molecular formula is C22H17FN2O3. The Morgan fingerprint density at radius 3 is 2.50 bits per heavy atom. The zero-order chi connectivity index (χ0) is 19.6. The van der Waals surface area contributed by atoms with Crippen LogP contribution in [0.2, 0.25) is 0 Å². The molecule has 0 bridgehead atoms. The minimum atomic E-state index is -0.783. The molecule has 4 atom stereocenters. The topological polar surface area (TPSA) is 57.7 Å². The van der Waals surface area contributed by atoms with Crippen molar-refractivity contribution in [3.05, 3.63) is 71.7 Å². The summed E-state index contributed by atoms with van der Waals surface area (Å²) in [5.74, 6) is -2.98. The number of hydrogen-bond donors (Lipinski definition) is 0. The third kappa shape index (κ3) is 2.14. The van der Waals surface area contributed by atoms with E-state index in [1.54, 1.807) is 0 Å². The number of rotatable bonds is 2. The smallest absolute Gasteiger partial charge is 0.240 e. The van der Waals surface area contributed by atoms with Crippen LogP contribution in [0.5, 0.6) is 0 Å². The molecule has 3 heterocycles. The lowest BCUT2D eigenvalue weighted by atomic mass is 9.84. The molecule has 5 nitrogen and oxygen atoms in total. The number of amides is 2. The van der Waals surface area contributed by atoms with Crippen LogP contribution in [0.4, 0.5) is 10.1 Å². The highest BCUT2D eigenvalue weighted by Crippen LogP contribution is 2.53. The molecule has 0 aromatic heterocycles. The van der Waals surface area contributed by atoms with Crippen LogP contribution >= 0.6 is 0 Å². The van der Waals surface area contributed by atoms with Crippen LogP contribution in [0.3, 0.4) is 0 Å². The van der Waals surface area contributed by atoms with Crippen molar-refractivity contribution in [1.29, 1.82) is 0 Å². The lowest BCUT2D eigenvalue weighted by Gasteiger charge is -2.34. The first-order chi connectivity index (χ1) is 13.5. The molecule has 140 valence electrons. The van der Waals surface area contributed by atoms with Crippen LogP contribution < -0.4 is 4.90 Å². The quantitative estimate of drug-likeness (QED) is 0.757. The summed E-state index contributed by atoms with van der Waals surface area (Å²) in [5.41, 5.74) is 2.10. The van der Waals surface area contributed by atoms with Gasteiger partial charge in [0.25, 0.3) is 0 Å². The number of halogens is 1. The maximum Gasteiger partial charge on any atom is 0.240 e. The number of nitrogens with zero attached hydrogens (tertiary/aromatic N) is 2. The summed E-state index contributed by atoms with van der Waals surface area (Å²) >= 11 is 0. The van der Waals surface area contributed by atoms with Crippen LogP contribution in [-0.2, 0) is 14.4 Å². The molecule has 2 fully saturated rings. The van der Waals surface area contributed by atoms with E-state index < -0.39 is 35.6 Å². The molecule has 28 heavy (non-hydrogen) atoms. The van der Waals surface area contributed by atoms with Crippen molar-refractivity contribution >= 4 is 29.4 Å². The molecular weight excluding hydrogens is 359 g/mol. The van der Waals surface area contributed by atoms with Crippen LogP contribution in [0.25, 0.3) is 6.08 Å². The summed E-state index contributed by atoms with van der Waals surface area (Å²) in [4.78, 5) is 42.0. The Hall–Kier alpha value is -3.28. The molecule has 2 saturated heterocycles. The number of hydrogen-bond acceptors (Lipinski definition) is 4. The van der Waals surface area contributed by atoms with Gasteiger partial charge in [0.2, 0.25) is 11.8 Å². The number of ketones is 1. The van der Waals surface area contributed by atoms with Gasteiger partial charge >= 0.3 is 0 Å². The van der Waals surface area contributed by atoms with Crippen molar-refractivity contribution < 1.29 is 18.8 Å². The van der Waals surface area contributed by atoms with E-state index in [0.717, 1.165) is 16.0 Å².